The number of nitrogens with zero attached hydrogens (tertiary/aromatic N) is 2. The average molecular weight is 1060 g/mol. The van der Waals surface area contributed by atoms with Gasteiger partial charge in [-0.3, -0.25) is 19.2 Å². The van der Waals surface area contributed by atoms with Gasteiger partial charge in [0.15, 0.2) is 18.7 Å². The first-order chi connectivity index (χ1) is 35.0. The number of cyclic esters (lactones) is 1. The van der Waals surface area contributed by atoms with Crippen molar-refractivity contribution >= 4 is 40.4 Å². The maximum Gasteiger partial charge on any atom is 0.341 e. The van der Waals surface area contributed by atoms with Crippen LogP contribution in [-0.4, -0.2) is 190 Å². The first kappa shape index (κ1) is 61.5. The first-order valence-corrected chi connectivity index (χ1v) is 26.1. The van der Waals surface area contributed by atoms with Gasteiger partial charge in [0.1, 0.15) is 29.0 Å². The van der Waals surface area contributed by atoms with E-state index in [1.165, 1.54) is 34.1 Å². The highest BCUT2D eigenvalue weighted by atomic mass is 16.7. The number of pyridine rings is 1. The lowest BCUT2D eigenvalue weighted by molar-refractivity contribution is -0.318. The highest BCUT2D eigenvalue weighted by Gasteiger charge is 2.54. The number of aromatic carboxylic acids is 1. The van der Waals surface area contributed by atoms with Gasteiger partial charge in [-0.05, 0) is 100 Å². The third-order valence-corrected chi connectivity index (χ3v) is 15.5. The number of fused-ring (bicyclic) bond motifs is 1. The number of carboxylic acids is 1. The summed E-state index contributed by atoms with van der Waals surface area (Å²) < 4.78 is 45.9. The number of ether oxygens (including phenoxy) is 7. The number of rotatable bonds is 16. The maximum absolute atomic E-state index is 14.5. The molecule has 0 aliphatic carbocycles. The van der Waals surface area contributed by atoms with Crippen LogP contribution in [0.15, 0.2) is 29.2 Å². The van der Waals surface area contributed by atoms with E-state index in [1.807, 2.05) is 25.9 Å². The van der Waals surface area contributed by atoms with Crippen LogP contribution in [0.4, 0.5) is 5.69 Å². The van der Waals surface area contributed by atoms with E-state index in [9.17, 15) is 49.5 Å². The van der Waals surface area contributed by atoms with Crippen LogP contribution in [0, 0.1) is 17.8 Å². The molecule has 18 atom stereocenters. The van der Waals surface area contributed by atoms with Gasteiger partial charge in [0, 0.05) is 75.5 Å². The van der Waals surface area contributed by atoms with Gasteiger partial charge in [0.2, 0.25) is 11.3 Å². The molecule has 3 aliphatic rings. The van der Waals surface area contributed by atoms with Gasteiger partial charge in [0.05, 0.1) is 59.9 Å². The van der Waals surface area contributed by atoms with Gasteiger partial charge in [-0.25, -0.2) is 4.79 Å². The van der Waals surface area contributed by atoms with Crippen molar-refractivity contribution in [1.82, 2.24) is 20.1 Å². The topological polar surface area (TPSA) is 295 Å². The van der Waals surface area contributed by atoms with Gasteiger partial charge in [-0.15, -0.1) is 0 Å². The number of benzene rings is 1. The smallest absolute Gasteiger partial charge is 0.341 e. The van der Waals surface area contributed by atoms with E-state index in [1.54, 1.807) is 71.4 Å². The molecule has 1 aromatic heterocycles. The molecule has 4 heterocycles. The highest BCUT2D eigenvalue weighted by molar-refractivity contribution is 5.93. The Bertz CT molecular complexity index is 2350. The number of hydrogen-bond donors (Lipinski definition) is 8. The summed E-state index contributed by atoms with van der Waals surface area (Å²) >= 11 is 0. The first-order valence-electron chi connectivity index (χ1n) is 26.1. The molecule has 3 aliphatic heterocycles. The lowest BCUT2D eigenvalue weighted by Crippen LogP contribution is -2.61. The monoisotopic (exact) mass is 1060 g/mol. The summed E-state index contributed by atoms with van der Waals surface area (Å²) in [5, 5.41) is 66.5. The molecule has 0 spiro atoms. The van der Waals surface area contributed by atoms with Crippen LogP contribution in [0.1, 0.15) is 112 Å². The van der Waals surface area contributed by atoms with Crippen molar-refractivity contribution in [3.8, 4) is 0 Å². The molecule has 2 aromatic rings. The van der Waals surface area contributed by atoms with Crippen LogP contribution in [0.5, 0.6) is 0 Å². The van der Waals surface area contributed by atoms with Gasteiger partial charge >= 0.3 is 17.9 Å². The Labute approximate surface area is 440 Å². The van der Waals surface area contributed by atoms with Crippen molar-refractivity contribution in [3.05, 3.63) is 40.2 Å². The SMILES string of the molecule is CC[C@H]1OC(=O)[C@H](C)[C@@H](O[C@H]2C[C@@](C)(OC)[C@@H](OC(=O)CCNCCNc3ccc4c(=O)c(C(=O)O)cn(C)c4c3)[C@H](C)O2)[C@H](C)[C@@H](O[C@@H]2O[C@H](C)C[C@H](N(C)C)[C@H]2O)[C@](C)(O)C[C@@H](C)NC(=O)[C@H](C)[C@@H](O)[C@]1(C)O. The fourth-order valence-corrected chi connectivity index (χ4v) is 11.0. The van der Waals surface area contributed by atoms with E-state index in [4.69, 9.17) is 33.2 Å². The van der Waals surface area contributed by atoms with Crippen LogP contribution in [0.25, 0.3) is 10.9 Å². The molecule has 3 fully saturated rings. The maximum atomic E-state index is 14.5. The normalized spacial score (nSPS) is 37.5. The molecule has 0 unspecified atom stereocenters. The van der Waals surface area contributed by atoms with E-state index in [2.05, 4.69) is 16.0 Å². The molecule has 0 saturated carbocycles. The Balaban J connectivity index is 1.34. The Morgan fingerprint density at radius 2 is 1.61 bits per heavy atom. The quantitative estimate of drug-likeness (QED) is 0.0884. The zero-order valence-corrected chi connectivity index (χ0v) is 46.2. The highest BCUT2D eigenvalue weighted by Crippen LogP contribution is 2.40. The van der Waals surface area contributed by atoms with Gasteiger partial charge < -0.3 is 84.1 Å². The molecule has 424 valence electrons. The summed E-state index contributed by atoms with van der Waals surface area (Å²) in [7, 11) is 6.81. The third-order valence-electron chi connectivity index (χ3n) is 15.5. The molecule has 22 heteroatoms. The fraction of sp³-hybridized carbons (Fsp3) is 0.755. The lowest BCUT2D eigenvalue weighted by atomic mass is 9.78. The van der Waals surface area contributed by atoms with Crippen LogP contribution in [0.2, 0.25) is 0 Å². The number of carbonyl (C=O) groups excluding carboxylic acids is 3. The van der Waals surface area contributed by atoms with Crippen LogP contribution in [0.3, 0.4) is 0 Å². The second kappa shape index (κ2) is 25.4. The number of aryl methyl sites for hydroxylation is 1. The number of esters is 2. The summed E-state index contributed by atoms with van der Waals surface area (Å²) in [5.41, 5.74) is -4.68. The predicted molar refractivity (Wildman–Crippen MR) is 276 cm³/mol. The number of hydrogen-bond acceptors (Lipinski definition) is 19. The average Bonchev–Trinajstić information content (AvgIpc) is 3.33. The van der Waals surface area contributed by atoms with E-state index < -0.39 is 125 Å². The Hall–Kier alpha value is -4.33. The van der Waals surface area contributed by atoms with Crippen LogP contribution >= 0.6 is 0 Å². The number of aromatic nitrogens is 1. The second-order valence-corrected chi connectivity index (χ2v) is 22.0. The summed E-state index contributed by atoms with van der Waals surface area (Å²) in [6, 6.07) is 3.94. The van der Waals surface area contributed by atoms with Crippen LogP contribution in [-0.2, 0) is 54.6 Å². The fourth-order valence-electron chi connectivity index (χ4n) is 11.0. The largest absolute Gasteiger partial charge is 0.477 e. The third kappa shape index (κ3) is 14.4. The van der Waals surface area contributed by atoms with Gasteiger partial charge in [-0.1, -0.05) is 20.8 Å². The van der Waals surface area contributed by atoms with Crippen molar-refractivity contribution in [1.29, 1.82) is 0 Å². The number of carboxylic acid groups (broad SMARTS) is 1. The summed E-state index contributed by atoms with van der Waals surface area (Å²) in [6.45, 7) is 17.5. The summed E-state index contributed by atoms with van der Waals surface area (Å²) in [4.78, 5) is 67.6. The Morgan fingerprint density at radius 3 is 2.24 bits per heavy atom. The molecule has 1 amide bonds. The molecule has 0 bridgehead atoms. The number of methoxy groups -OCH3 is 1. The van der Waals surface area contributed by atoms with Gasteiger partial charge in [-0.2, -0.15) is 0 Å². The van der Waals surface area contributed by atoms with Crippen molar-refractivity contribution in [2.24, 2.45) is 24.8 Å². The van der Waals surface area contributed by atoms with Gasteiger partial charge in [0.25, 0.3) is 0 Å². The minimum atomic E-state index is -2.08. The van der Waals surface area contributed by atoms with Crippen molar-refractivity contribution < 1.29 is 77.9 Å². The zero-order valence-electron chi connectivity index (χ0n) is 46.2. The number of likely N-dealkylation sites (N-methyl/N-ethyl adjacent to an activating group) is 1. The molecule has 75 heavy (non-hydrogen) atoms. The number of nitrogens with one attached hydrogen (secondary N) is 3. The molecule has 3 saturated heterocycles. The van der Waals surface area contributed by atoms with Crippen LogP contribution < -0.4 is 21.4 Å². The molecule has 22 nitrogen and oxygen atoms in total. The number of aliphatic hydroxyl groups excluding tert-OH is 2. The number of anilines is 1. The minimum absolute atomic E-state index is 0.00180. The van der Waals surface area contributed by atoms with Crippen molar-refractivity contribution in [3.63, 3.8) is 0 Å². The molecular weight excluding hydrogens is 979 g/mol. The molecular formula is C53H85N5O17. The minimum Gasteiger partial charge on any atom is -0.477 e. The predicted octanol–water partition coefficient (Wildman–Crippen LogP) is 2.28. The molecule has 0 radical (unpaired) electrons. The van der Waals surface area contributed by atoms with E-state index in [-0.39, 0.29) is 55.3 Å². The molecule has 1 aromatic carbocycles. The Morgan fingerprint density at radius 1 is 0.933 bits per heavy atom. The molecule has 8 N–H and O–H groups in total. The summed E-state index contributed by atoms with van der Waals surface area (Å²) in [6.07, 6.45) is -9.27. The van der Waals surface area contributed by atoms with Crippen molar-refractivity contribution in [2.75, 3.05) is 46.2 Å². The Kier molecular flexibility index (Phi) is 20.9. The zero-order chi connectivity index (χ0) is 56.1. The van der Waals surface area contributed by atoms with E-state index in [0.717, 1.165) is 0 Å². The summed E-state index contributed by atoms with van der Waals surface area (Å²) in [5.74, 6) is -6.52. The molecule has 5 rings (SSSR count). The van der Waals surface area contributed by atoms with Crippen molar-refractivity contribution in [2.45, 2.75) is 192 Å². The lowest BCUT2D eigenvalue weighted by Gasteiger charge is -2.49. The number of carbonyl (C=O) groups is 4. The number of amides is 1. The second-order valence-electron chi connectivity index (χ2n) is 22.0. The van der Waals surface area contributed by atoms with E-state index >= 15 is 0 Å². The van der Waals surface area contributed by atoms with E-state index in [0.29, 0.717) is 30.7 Å². The number of aliphatic hydroxyl groups is 4. The standard InChI is InChI=1S/C53H85N5O17/c1-15-38-53(10,68)44(62)31(6)47(63)56-27(2)24-51(8,67)45(75-50-42(61)37(57(11)12)22-28(3)70-50)29(4)43(30(5)49(66)72-38)74-40-25-52(9,69-14)46(32(7)71-40)73-39(59)18-19-54-20-21-55-33-16-17-34-36(23-33)58(13)26-35(41(34)60)48(64)65/h16-17,23,26-32,37-38,40,42-46,50,54-55,61-62,67-68H,15,18-22,24-25H2,1-14H3,(H,56,63)(H,64,65)/t27-,28-,29+,30-,31-,32+,37+,38-,40+,42-,43+,44-,45-,46+,50+,51-,52-,53-/m1/s1.